The van der Waals surface area contributed by atoms with Gasteiger partial charge in [0.1, 0.15) is 18.0 Å². The van der Waals surface area contributed by atoms with Crippen molar-refractivity contribution >= 4 is 23.1 Å². The number of ether oxygens (including phenoxy) is 1. The Kier molecular flexibility index (Phi) is 5.76. The van der Waals surface area contributed by atoms with Crippen LogP contribution in [0.4, 0.5) is 5.69 Å². The Morgan fingerprint density at radius 2 is 1.82 bits per heavy atom. The number of hydrogen-bond acceptors (Lipinski definition) is 4. The van der Waals surface area contributed by atoms with E-state index in [1.54, 1.807) is 30.3 Å². The van der Waals surface area contributed by atoms with Crippen molar-refractivity contribution in [3.8, 4) is 5.75 Å². The standard InChI is InChI=1S/C27H26N4O3/c1-17-6-11-25-28-22(15-31(25)14-17)16-34-23-5-3-4-19(12-23)27(33)30-24-13-20(8-7-18(24)2)26(32)29-21-9-10-21/h3-8,11-15,21H,9-10,16H2,1-2H3,(H,29,32)(H,30,33). The molecule has 1 aliphatic carbocycles. The van der Waals surface area contributed by atoms with E-state index in [0.29, 0.717) is 29.2 Å². The Bertz CT molecular complexity index is 1390. The quantitative estimate of drug-likeness (QED) is 0.425. The van der Waals surface area contributed by atoms with Crippen molar-refractivity contribution in [3.63, 3.8) is 0 Å². The van der Waals surface area contributed by atoms with Crippen LogP contribution in [0.1, 0.15) is 50.4 Å². The summed E-state index contributed by atoms with van der Waals surface area (Å²) in [6.45, 7) is 4.23. The lowest BCUT2D eigenvalue weighted by atomic mass is 10.1. The number of carbonyl (C=O) groups is 2. The van der Waals surface area contributed by atoms with Gasteiger partial charge in [-0.05, 0) is 74.2 Å². The lowest BCUT2D eigenvalue weighted by Crippen LogP contribution is -2.25. The second kappa shape index (κ2) is 9.02. The van der Waals surface area contributed by atoms with Gasteiger partial charge in [0.15, 0.2) is 0 Å². The van der Waals surface area contributed by atoms with Gasteiger partial charge in [-0.25, -0.2) is 4.98 Å². The highest BCUT2D eigenvalue weighted by molar-refractivity contribution is 6.05. The molecule has 172 valence electrons. The molecule has 5 rings (SSSR count). The fourth-order valence-electron chi connectivity index (χ4n) is 3.70. The predicted octanol–water partition coefficient (Wildman–Crippen LogP) is 4.67. The summed E-state index contributed by atoms with van der Waals surface area (Å²) in [4.78, 5) is 29.9. The largest absolute Gasteiger partial charge is 0.487 e. The van der Waals surface area contributed by atoms with Crippen LogP contribution in [0.25, 0.3) is 5.65 Å². The number of benzene rings is 2. The Hall–Kier alpha value is -4.13. The maximum absolute atomic E-state index is 12.9. The molecule has 1 fully saturated rings. The third-order valence-corrected chi connectivity index (χ3v) is 5.79. The molecule has 1 saturated carbocycles. The van der Waals surface area contributed by atoms with E-state index in [-0.39, 0.29) is 17.9 Å². The Balaban J connectivity index is 1.26. The molecule has 2 aromatic heterocycles. The maximum Gasteiger partial charge on any atom is 0.255 e. The minimum Gasteiger partial charge on any atom is -0.487 e. The van der Waals surface area contributed by atoms with Crippen LogP contribution in [0.5, 0.6) is 5.75 Å². The average molecular weight is 455 g/mol. The zero-order valence-corrected chi connectivity index (χ0v) is 19.2. The minimum absolute atomic E-state index is 0.115. The summed E-state index contributed by atoms with van der Waals surface area (Å²) in [5.41, 5.74) is 5.31. The van der Waals surface area contributed by atoms with E-state index in [1.807, 2.05) is 54.9 Å². The fraction of sp³-hybridized carbons (Fsp3) is 0.222. The number of pyridine rings is 1. The van der Waals surface area contributed by atoms with Gasteiger partial charge in [-0.2, -0.15) is 0 Å². The second-order valence-corrected chi connectivity index (χ2v) is 8.75. The van der Waals surface area contributed by atoms with E-state index in [1.165, 1.54) is 0 Å². The van der Waals surface area contributed by atoms with E-state index < -0.39 is 0 Å². The first-order valence-corrected chi connectivity index (χ1v) is 11.3. The molecule has 0 radical (unpaired) electrons. The first kappa shape index (κ1) is 21.7. The summed E-state index contributed by atoms with van der Waals surface area (Å²) in [7, 11) is 0. The number of rotatable bonds is 7. The maximum atomic E-state index is 12.9. The first-order chi connectivity index (χ1) is 16.4. The van der Waals surface area contributed by atoms with Crippen molar-refractivity contribution in [3.05, 3.63) is 94.9 Å². The van der Waals surface area contributed by atoms with E-state index in [4.69, 9.17) is 4.74 Å². The van der Waals surface area contributed by atoms with Gasteiger partial charge >= 0.3 is 0 Å². The highest BCUT2D eigenvalue weighted by Crippen LogP contribution is 2.22. The molecular formula is C27H26N4O3. The molecule has 4 aromatic rings. The van der Waals surface area contributed by atoms with Crippen LogP contribution < -0.4 is 15.4 Å². The van der Waals surface area contributed by atoms with Crippen molar-refractivity contribution in [2.45, 2.75) is 39.3 Å². The molecule has 2 heterocycles. The lowest BCUT2D eigenvalue weighted by molar-refractivity contribution is 0.0949. The molecule has 0 unspecified atom stereocenters. The van der Waals surface area contributed by atoms with E-state index in [2.05, 4.69) is 15.6 Å². The van der Waals surface area contributed by atoms with Crippen LogP contribution in [0.3, 0.4) is 0 Å². The molecule has 1 aliphatic rings. The molecule has 2 amide bonds. The van der Waals surface area contributed by atoms with Gasteiger partial charge < -0.3 is 19.8 Å². The van der Waals surface area contributed by atoms with Crippen molar-refractivity contribution in [1.29, 1.82) is 0 Å². The van der Waals surface area contributed by atoms with Crippen molar-refractivity contribution in [2.75, 3.05) is 5.32 Å². The Morgan fingerprint density at radius 3 is 2.65 bits per heavy atom. The van der Waals surface area contributed by atoms with Crippen LogP contribution >= 0.6 is 0 Å². The normalized spacial score (nSPS) is 13.0. The van der Waals surface area contributed by atoms with Crippen molar-refractivity contribution < 1.29 is 14.3 Å². The van der Waals surface area contributed by atoms with Gasteiger partial charge in [-0.15, -0.1) is 0 Å². The van der Waals surface area contributed by atoms with Crippen LogP contribution in [0.15, 0.2) is 67.0 Å². The number of carbonyl (C=O) groups excluding carboxylic acids is 2. The molecule has 0 bridgehead atoms. The SMILES string of the molecule is Cc1ccc2nc(COc3cccc(C(=O)Nc4cc(C(=O)NC5CC5)ccc4C)c3)cn2c1. The number of amides is 2. The molecular weight excluding hydrogens is 428 g/mol. The average Bonchev–Trinajstić information content (AvgIpc) is 3.55. The molecule has 2 N–H and O–H groups in total. The molecule has 7 nitrogen and oxygen atoms in total. The van der Waals surface area contributed by atoms with Gasteiger partial charge in [0.25, 0.3) is 11.8 Å². The minimum atomic E-state index is -0.267. The van der Waals surface area contributed by atoms with Crippen LogP contribution in [0, 0.1) is 13.8 Å². The number of imidazole rings is 1. The number of aromatic nitrogens is 2. The summed E-state index contributed by atoms with van der Waals surface area (Å²) in [5.74, 6) is 0.196. The Labute approximate surface area is 197 Å². The Morgan fingerprint density at radius 1 is 1.00 bits per heavy atom. The summed E-state index contributed by atoms with van der Waals surface area (Å²) in [6.07, 6.45) is 6.00. The molecule has 0 aliphatic heterocycles. The zero-order chi connectivity index (χ0) is 23.7. The lowest BCUT2D eigenvalue weighted by Gasteiger charge is -2.12. The first-order valence-electron chi connectivity index (χ1n) is 11.3. The van der Waals surface area contributed by atoms with E-state index in [9.17, 15) is 9.59 Å². The number of hydrogen-bond donors (Lipinski definition) is 2. The predicted molar refractivity (Wildman–Crippen MR) is 130 cm³/mol. The summed E-state index contributed by atoms with van der Waals surface area (Å²) in [6, 6.07) is 16.6. The zero-order valence-electron chi connectivity index (χ0n) is 19.2. The summed E-state index contributed by atoms with van der Waals surface area (Å²) < 4.78 is 7.87. The molecule has 7 heteroatoms. The highest BCUT2D eigenvalue weighted by atomic mass is 16.5. The summed E-state index contributed by atoms with van der Waals surface area (Å²) >= 11 is 0. The van der Waals surface area contributed by atoms with Crippen molar-refractivity contribution in [2.24, 2.45) is 0 Å². The molecule has 0 saturated heterocycles. The van der Waals surface area contributed by atoms with Crippen molar-refractivity contribution in [1.82, 2.24) is 14.7 Å². The number of anilines is 1. The van der Waals surface area contributed by atoms with E-state index >= 15 is 0 Å². The van der Waals surface area contributed by atoms with Gasteiger partial charge in [-0.3, -0.25) is 9.59 Å². The van der Waals surface area contributed by atoms with Crippen LogP contribution in [0.2, 0.25) is 0 Å². The van der Waals surface area contributed by atoms with Gasteiger partial charge in [-0.1, -0.05) is 18.2 Å². The molecule has 34 heavy (non-hydrogen) atoms. The van der Waals surface area contributed by atoms with Gasteiger partial charge in [0.05, 0.1) is 5.69 Å². The third kappa shape index (κ3) is 4.93. The second-order valence-electron chi connectivity index (χ2n) is 8.75. The topological polar surface area (TPSA) is 84.7 Å². The number of nitrogens with one attached hydrogen (secondary N) is 2. The van der Waals surface area contributed by atoms with E-state index in [0.717, 1.165) is 35.3 Å². The van der Waals surface area contributed by atoms with Gasteiger partial charge in [0.2, 0.25) is 0 Å². The number of nitrogens with zero attached hydrogens (tertiary/aromatic N) is 2. The number of fused-ring (bicyclic) bond motifs is 1. The third-order valence-electron chi connectivity index (χ3n) is 5.79. The van der Waals surface area contributed by atoms with Gasteiger partial charge in [0, 0.05) is 35.2 Å². The summed E-state index contributed by atoms with van der Waals surface area (Å²) in [5, 5.41) is 5.90. The molecule has 0 spiro atoms. The monoisotopic (exact) mass is 454 g/mol. The smallest absolute Gasteiger partial charge is 0.255 e. The number of aryl methyl sites for hydroxylation is 2. The molecule has 2 aromatic carbocycles. The van der Waals surface area contributed by atoms with Crippen LogP contribution in [-0.2, 0) is 6.61 Å². The molecule has 0 atom stereocenters. The van der Waals surface area contributed by atoms with Crippen LogP contribution in [-0.4, -0.2) is 27.2 Å². The fourth-order valence-corrected chi connectivity index (χ4v) is 3.70. The highest BCUT2D eigenvalue weighted by Gasteiger charge is 2.24.